The van der Waals surface area contributed by atoms with Crippen molar-refractivity contribution in [2.45, 2.75) is 72.3 Å². The first-order valence-corrected chi connectivity index (χ1v) is 13.6. The Morgan fingerprint density at radius 2 is 1.77 bits per heavy atom. The average molecular weight is 568 g/mol. The highest BCUT2D eigenvalue weighted by Gasteiger charge is 2.39. The van der Waals surface area contributed by atoms with Crippen LogP contribution in [0.2, 0.25) is 0 Å². The minimum absolute atomic E-state index is 0.0255. The molecule has 1 aromatic carbocycles. The van der Waals surface area contributed by atoms with Gasteiger partial charge in [0.05, 0.1) is 23.0 Å². The van der Waals surface area contributed by atoms with E-state index < -0.39 is 34.5 Å². The Bertz CT molecular complexity index is 1660. The number of oxazole rings is 1. The van der Waals surface area contributed by atoms with Gasteiger partial charge in [-0.3, -0.25) is 14.2 Å². The molecule has 0 radical (unpaired) electrons. The molecule has 0 aliphatic carbocycles. The summed E-state index contributed by atoms with van der Waals surface area (Å²) in [5.74, 6) is -0.589. The van der Waals surface area contributed by atoms with E-state index in [2.05, 4.69) is 4.98 Å². The number of thiophene rings is 1. The Morgan fingerprint density at radius 3 is 2.35 bits per heavy atom. The van der Waals surface area contributed by atoms with Crippen molar-refractivity contribution in [3.63, 3.8) is 0 Å². The third-order valence-corrected chi connectivity index (χ3v) is 7.61. The minimum Gasteiger partial charge on any atom is -0.458 e. The number of aromatic nitrogens is 3. The predicted octanol–water partition coefficient (Wildman–Crippen LogP) is 4.61. The molecule has 0 bridgehead atoms. The second-order valence-corrected chi connectivity index (χ2v) is 12.1. The molecule has 0 aliphatic heterocycles. The number of hydrogen-bond acceptors (Lipinski definition) is 9. The lowest BCUT2D eigenvalue weighted by atomic mass is 10.0. The first-order valence-electron chi connectivity index (χ1n) is 12.8. The molecular weight excluding hydrogens is 534 g/mol. The number of nitrogens with zero attached hydrogens (tertiary/aromatic N) is 3. The van der Waals surface area contributed by atoms with Crippen molar-refractivity contribution < 1.29 is 23.5 Å². The van der Waals surface area contributed by atoms with Crippen molar-refractivity contribution in [1.82, 2.24) is 14.1 Å². The number of esters is 1. The van der Waals surface area contributed by atoms with E-state index in [0.717, 1.165) is 10.1 Å². The lowest BCUT2D eigenvalue weighted by Gasteiger charge is -2.30. The molecule has 40 heavy (non-hydrogen) atoms. The highest BCUT2D eigenvalue weighted by molar-refractivity contribution is 7.22. The van der Waals surface area contributed by atoms with Gasteiger partial charge in [0, 0.05) is 0 Å². The number of Topliss-reactive ketones (excluding diaryl/α,β-unsaturated/α-hetero) is 1. The zero-order chi connectivity index (χ0) is 29.4. The maximum absolute atomic E-state index is 14.2. The molecule has 10 nitrogen and oxygen atoms in total. The molecule has 3 heterocycles. The molecule has 4 aromatic rings. The zero-order valence-electron chi connectivity index (χ0n) is 23.6. The van der Waals surface area contributed by atoms with Gasteiger partial charge in [0.25, 0.3) is 5.56 Å². The normalized spacial score (nSPS) is 13.0. The van der Waals surface area contributed by atoms with Crippen molar-refractivity contribution in [2.24, 2.45) is 0 Å². The second kappa shape index (κ2) is 11.0. The Labute approximate surface area is 235 Å². The summed E-state index contributed by atoms with van der Waals surface area (Å²) in [6.45, 7) is 11.1. The van der Waals surface area contributed by atoms with Crippen molar-refractivity contribution in [3.05, 3.63) is 74.8 Å². The number of fused-ring (bicyclic) bond motifs is 1. The van der Waals surface area contributed by atoms with Crippen LogP contribution in [0.25, 0.3) is 21.0 Å². The topological polar surface area (TPSA) is 123 Å². The summed E-state index contributed by atoms with van der Waals surface area (Å²) < 4.78 is 19.4. The number of ether oxygens (including phenoxy) is 2. The number of ketones is 1. The summed E-state index contributed by atoms with van der Waals surface area (Å²) >= 11 is 1.19. The number of aryl methyl sites for hydroxylation is 1. The summed E-state index contributed by atoms with van der Waals surface area (Å²) in [4.78, 5) is 58.5. The Morgan fingerprint density at radius 1 is 1.10 bits per heavy atom. The molecule has 11 heteroatoms. The van der Waals surface area contributed by atoms with Crippen molar-refractivity contribution in [1.29, 1.82) is 0 Å². The van der Waals surface area contributed by atoms with Gasteiger partial charge in [-0.25, -0.2) is 19.1 Å². The van der Waals surface area contributed by atoms with Gasteiger partial charge in [0.2, 0.25) is 5.89 Å². The molecule has 0 unspecified atom stereocenters. The summed E-state index contributed by atoms with van der Waals surface area (Å²) in [7, 11) is 0. The molecule has 4 rings (SSSR count). The highest BCUT2D eigenvalue weighted by Crippen LogP contribution is 2.36. The van der Waals surface area contributed by atoms with Crippen molar-refractivity contribution >= 4 is 33.3 Å². The third kappa shape index (κ3) is 5.71. The van der Waals surface area contributed by atoms with Gasteiger partial charge >= 0.3 is 11.7 Å². The molecule has 0 fully saturated rings. The average Bonchev–Trinajstić information content (AvgIpc) is 3.51. The van der Waals surface area contributed by atoms with Crippen LogP contribution < -0.4 is 11.2 Å². The SMILES string of the molecule is CC(=O)CO[C@@H](Cn1c(=O)n(C(C)(C)C(=O)OC(C)(C)C)c(=O)c2c(C)c(-c3ncco3)sc21)c1ccccc1. The van der Waals surface area contributed by atoms with Crippen molar-refractivity contribution in [3.8, 4) is 10.8 Å². The first kappa shape index (κ1) is 29.2. The third-order valence-electron chi connectivity index (χ3n) is 6.30. The van der Waals surface area contributed by atoms with E-state index in [9.17, 15) is 19.2 Å². The minimum atomic E-state index is -1.64. The van der Waals surface area contributed by atoms with Crippen LogP contribution in [0.4, 0.5) is 0 Å². The second-order valence-electron chi connectivity index (χ2n) is 11.1. The number of benzene rings is 1. The summed E-state index contributed by atoms with van der Waals surface area (Å²) in [5, 5.41) is 0.257. The molecule has 212 valence electrons. The molecule has 0 amide bonds. The fourth-order valence-electron chi connectivity index (χ4n) is 4.34. The number of hydrogen-bond donors (Lipinski definition) is 0. The van der Waals surface area contributed by atoms with Crippen LogP contribution in [-0.4, -0.2) is 38.1 Å². The molecule has 0 saturated carbocycles. The predicted molar refractivity (Wildman–Crippen MR) is 152 cm³/mol. The quantitative estimate of drug-likeness (QED) is 0.269. The van der Waals surface area contributed by atoms with E-state index in [4.69, 9.17) is 13.9 Å². The molecule has 1 atom stereocenters. The molecule has 0 saturated heterocycles. The van der Waals surface area contributed by atoms with Crippen LogP contribution in [0.1, 0.15) is 58.8 Å². The largest absolute Gasteiger partial charge is 0.458 e. The van der Waals surface area contributed by atoms with Gasteiger partial charge in [-0.05, 0) is 59.6 Å². The molecule has 0 N–H and O–H groups in total. The Kier molecular flexibility index (Phi) is 8.00. The zero-order valence-corrected chi connectivity index (χ0v) is 24.5. The molecule has 0 aliphatic rings. The van der Waals surface area contributed by atoms with E-state index >= 15 is 0 Å². The van der Waals surface area contributed by atoms with Crippen LogP contribution in [0.3, 0.4) is 0 Å². The standard InChI is InChI=1S/C29H33N3O7S/c1-17(33)16-38-20(19-11-9-8-10-12-19)15-31-25-21(18(2)22(40-25)23-30-13-14-37-23)24(34)32(27(31)36)29(6,7)26(35)39-28(3,4)5/h8-14,20H,15-16H2,1-7H3/t20-/m0/s1. The van der Waals surface area contributed by atoms with E-state index in [1.54, 1.807) is 27.7 Å². The lowest BCUT2D eigenvalue weighted by Crippen LogP contribution is -2.54. The fourth-order valence-corrected chi connectivity index (χ4v) is 5.58. The van der Waals surface area contributed by atoms with E-state index in [-0.39, 0.29) is 24.3 Å². The summed E-state index contributed by atoms with van der Waals surface area (Å²) in [6, 6.07) is 9.20. The molecular formula is C29H33N3O7S. The van der Waals surface area contributed by atoms with Gasteiger partial charge in [0.15, 0.2) is 5.78 Å². The van der Waals surface area contributed by atoms with Gasteiger partial charge < -0.3 is 13.9 Å². The maximum Gasteiger partial charge on any atom is 0.333 e. The summed E-state index contributed by atoms with van der Waals surface area (Å²) in [6.07, 6.45) is 2.23. The fraction of sp³-hybridized carbons (Fsp3) is 0.414. The van der Waals surface area contributed by atoms with Crippen LogP contribution in [0.15, 0.2) is 56.8 Å². The monoisotopic (exact) mass is 567 g/mol. The van der Waals surface area contributed by atoms with Crippen molar-refractivity contribution in [2.75, 3.05) is 6.61 Å². The number of rotatable bonds is 9. The Balaban J connectivity index is 2.00. The van der Waals surface area contributed by atoms with Crippen LogP contribution in [0, 0.1) is 6.92 Å². The molecule has 3 aromatic heterocycles. The van der Waals surface area contributed by atoms with Gasteiger partial charge in [-0.15, -0.1) is 11.3 Å². The van der Waals surface area contributed by atoms with Gasteiger partial charge in [-0.1, -0.05) is 30.3 Å². The number of carbonyl (C=O) groups excluding carboxylic acids is 2. The molecule has 0 spiro atoms. The lowest BCUT2D eigenvalue weighted by molar-refractivity contribution is -0.164. The van der Waals surface area contributed by atoms with Crippen LogP contribution >= 0.6 is 11.3 Å². The Hall–Kier alpha value is -3.83. The van der Waals surface area contributed by atoms with Crippen LogP contribution in [-0.2, 0) is 31.1 Å². The van der Waals surface area contributed by atoms with Crippen LogP contribution in [0.5, 0.6) is 0 Å². The summed E-state index contributed by atoms with van der Waals surface area (Å²) in [5.41, 5.74) is -2.50. The first-order chi connectivity index (χ1) is 18.7. The smallest absolute Gasteiger partial charge is 0.333 e. The number of carbonyl (C=O) groups is 2. The maximum atomic E-state index is 14.2. The van der Waals surface area contributed by atoms with Gasteiger partial charge in [-0.2, -0.15) is 0 Å². The van der Waals surface area contributed by atoms with Gasteiger partial charge in [0.1, 0.15) is 34.9 Å². The van der Waals surface area contributed by atoms with E-state index in [1.807, 2.05) is 30.3 Å². The van der Waals surface area contributed by atoms with E-state index in [1.165, 1.54) is 49.1 Å². The van der Waals surface area contributed by atoms with E-state index in [0.29, 0.717) is 21.2 Å². The highest BCUT2D eigenvalue weighted by atomic mass is 32.1.